The Labute approximate surface area is 121 Å². The van der Waals surface area contributed by atoms with E-state index in [9.17, 15) is 4.39 Å². The van der Waals surface area contributed by atoms with Gasteiger partial charge >= 0.3 is 0 Å². The Morgan fingerprint density at radius 3 is 2.89 bits per heavy atom. The average Bonchev–Trinajstić information content (AvgIpc) is 2.77. The van der Waals surface area contributed by atoms with Gasteiger partial charge in [0.2, 0.25) is 0 Å². The van der Waals surface area contributed by atoms with E-state index in [1.807, 2.05) is 19.2 Å². The van der Waals surface area contributed by atoms with Gasteiger partial charge in [-0.25, -0.2) is 9.37 Å². The van der Waals surface area contributed by atoms with Gasteiger partial charge in [0.05, 0.1) is 5.01 Å². The van der Waals surface area contributed by atoms with Crippen LogP contribution in [0.3, 0.4) is 0 Å². The Morgan fingerprint density at radius 1 is 1.47 bits per heavy atom. The molecule has 0 aliphatic carbocycles. The number of nitrogens with zero attached hydrogens (tertiary/aromatic N) is 1. The van der Waals surface area contributed by atoms with E-state index < -0.39 is 0 Å². The molecular weight excluding hydrogens is 283 g/mol. The predicted molar refractivity (Wildman–Crippen MR) is 78.4 cm³/mol. The minimum atomic E-state index is -0.233. The van der Waals surface area contributed by atoms with Crippen LogP contribution in [0.15, 0.2) is 23.6 Å². The van der Waals surface area contributed by atoms with Crippen LogP contribution in [0.4, 0.5) is 4.39 Å². The van der Waals surface area contributed by atoms with Crippen molar-refractivity contribution in [1.82, 2.24) is 10.3 Å². The topological polar surface area (TPSA) is 24.9 Å². The molecule has 0 bridgehead atoms. The normalized spacial score (nSPS) is 12.6. The summed E-state index contributed by atoms with van der Waals surface area (Å²) in [5.74, 6) is -0.233. The molecule has 1 atom stereocenters. The molecule has 2 aromatic rings. The lowest BCUT2D eigenvalue weighted by atomic mass is 10.0. The first-order valence-electron chi connectivity index (χ1n) is 6.19. The highest BCUT2D eigenvalue weighted by Crippen LogP contribution is 2.25. The number of nitrogens with one attached hydrogen (secondary N) is 1. The molecule has 0 spiro atoms. The van der Waals surface area contributed by atoms with E-state index in [1.54, 1.807) is 23.5 Å². The molecule has 0 radical (unpaired) electrons. The number of aromatic nitrogens is 1. The molecule has 1 heterocycles. The van der Waals surface area contributed by atoms with Crippen molar-refractivity contribution in [3.8, 4) is 0 Å². The first-order chi connectivity index (χ1) is 9.10. The monoisotopic (exact) mass is 298 g/mol. The van der Waals surface area contributed by atoms with Crippen LogP contribution in [0, 0.1) is 12.7 Å². The van der Waals surface area contributed by atoms with Crippen molar-refractivity contribution in [2.45, 2.75) is 26.3 Å². The van der Waals surface area contributed by atoms with Gasteiger partial charge < -0.3 is 5.32 Å². The average molecular weight is 299 g/mol. The molecule has 5 heteroatoms. The maximum absolute atomic E-state index is 13.9. The third kappa shape index (κ3) is 3.75. The van der Waals surface area contributed by atoms with Gasteiger partial charge in [-0.2, -0.15) is 0 Å². The first kappa shape index (κ1) is 14.4. The zero-order chi connectivity index (χ0) is 13.8. The van der Waals surface area contributed by atoms with E-state index in [0.29, 0.717) is 17.0 Å². The first-order valence-corrected chi connectivity index (χ1v) is 7.45. The van der Waals surface area contributed by atoms with Gasteiger partial charge in [0.15, 0.2) is 0 Å². The van der Waals surface area contributed by atoms with Gasteiger partial charge in [-0.3, -0.25) is 0 Å². The number of thiazole rings is 1. The maximum Gasteiger partial charge on any atom is 0.128 e. The summed E-state index contributed by atoms with van der Waals surface area (Å²) >= 11 is 7.56. The fourth-order valence-electron chi connectivity index (χ4n) is 1.99. The Balaban J connectivity index is 2.26. The van der Waals surface area contributed by atoms with E-state index in [1.165, 1.54) is 6.07 Å². The number of aryl methyl sites for hydroxylation is 1. The fourth-order valence-corrected chi connectivity index (χ4v) is 2.99. The van der Waals surface area contributed by atoms with Crippen LogP contribution in [-0.2, 0) is 6.42 Å². The van der Waals surface area contributed by atoms with Gasteiger partial charge in [-0.15, -0.1) is 11.3 Å². The van der Waals surface area contributed by atoms with Crippen LogP contribution in [0.25, 0.3) is 0 Å². The molecule has 2 rings (SSSR count). The summed E-state index contributed by atoms with van der Waals surface area (Å²) in [6.45, 7) is 4.73. The lowest BCUT2D eigenvalue weighted by Gasteiger charge is -2.18. The van der Waals surface area contributed by atoms with Gasteiger partial charge in [0.25, 0.3) is 0 Å². The third-order valence-electron chi connectivity index (χ3n) is 2.83. The number of likely N-dealkylation sites (N-methyl/N-ethyl adjacent to an activating group) is 1. The molecule has 102 valence electrons. The second-order valence-corrected chi connectivity index (χ2v) is 5.74. The molecule has 0 fully saturated rings. The molecule has 1 aromatic heterocycles. The standard InChI is InChI=1S/C14H16ClFN2S/c1-3-17-13(7-14-18-9(2)8-19-14)11-6-10(15)4-5-12(11)16/h4-6,8,13,17H,3,7H2,1-2H3. The van der Waals surface area contributed by atoms with Crippen molar-refractivity contribution < 1.29 is 4.39 Å². The van der Waals surface area contributed by atoms with E-state index in [-0.39, 0.29) is 11.9 Å². The lowest BCUT2D eigenvalue weighted by molar-refractivity contribution is 0.509. The zero-order valence-corrected chi connectivity index (χ0v) is 12.5. The number of rotatable bonds is 5. The van der Waals surface area contributed by atoms with Crippen LogP contribution >= 0.6 is 22.9 Å². The van der Waals surface area contributed by atoms with Gasteiger partial charge in [-0.05, 0) is 31.7 Å². The molecule has 1 unspecified atom stereocenters. The summed E-state index contributed by atoms with van der Waals surface area (Å²) in [5.41, 5.74) is 1.60. The van der Waals surface area contributed by atoms with Crippen LogP contribution < -0.4 is 5.32 Å². The summed E-state index contributed by atoms with van der Waals surface area (Å²) in [7, 11) is 0. The highest BCUT2D eigenvalue weighted by atomic mass is 35.5. The van der Waals surface area contributed by atoms with Crippen molar-refractivity contribution in [3.63, 3.8) is 0 Å². The number of benzene rings is 1. The van der Waals surface area contributed by atoms with Crippen LogP contribution in [0.2, 0.25) is 5.02 Å². The summed E-state index contributed by atoms with van der Waals surface area (Å²) in [6, 6.07) is 4.56. The van der Waals surface area contributed by atoms with Crippen molar-refractivity contribution in [1.29, 1.82) is 0 Å². The largest absolute Gasteiger partial charge is 0.310 e. The number of hydrogen-bond acceptors (Lipinski definition) is 3. The highest BCUT2D eigenvalue weighted by molar-refractivity contribution is 7.09. The van der Waals surface area contributed by atoms with Crippen LogP contribution in [0.5, 0.6) is 0 Å². The highest BCUT2D eigenvalue weighted by Gasteiger charge is 2.17. The summed E-state index contributed by atoms with van der Waals surface area (Å²) in [5, 5.41) is 6.85. The van der Waals surface area contributed by atoms with E-state index in [2.05, 4.69) is 10.3 Å². The van der Waals surface area contributed by atoms with E-state index in [0.717, 1.165) is 17.2 Å². The molecule has 1 N–H and O–H groups in total. The summed E-state index contributed by atoms with van der Waals surface area (Å²) in [6.07, 6.45) is 0.670. The zero-order valence-electron chi connectivity index (χ0n) is 10.9. The van der Waals surface area contributed by atoms with Crippen LogP contribution in [-0.4, -0.2) is 11.5 Å². The minimum Gasteiger partial charge on any atom is -0.310 e. The Kier molecular flexibility index (Phi) is 4.91. The smallest absolute Gasteiger partial charge is 0.128 e. The summed E-state index contributed by atoms with van der Waals surface area (Å²) < 4.78 is 13.9. The van der Waals surface area contributed by atoms with Crippen molar-refractivity contribution in [2.24, 2.45) is 0 Å². The van der Waals surface area contributed by atoms with E-state index in [4.69, 9.17) is 11.6 Å². The Bertz CT molecular complexity index is 556. The SMILES string of the molecule is CCNC(Cc1nc(C)cs1)c1cc(Cl)ccc1F. The maximum atomic E-state index is 13.9. The third-order valence-corrected chi connectivity index (χ3v) is 4.05. The van der Waals surface area contributed by atoms with Crippen molar-refractivity contribution in [2.75, 3.05) is 6.54 Å². The van der Waals surface area contributed by atoms with Gasteiger partial charge in [-0.1, -0.05) is 18.5 Å². The van der Waals surface area contributed by atoms with Crippen molar-refractivity contribution in [3.05, 3.63) is 50.7 Å². The molecule has 2 nitrogen and oxygen atoms in total. The molecule has 19 heavy (non-hydrogen) atoms. The number of hydrogen-bond donors (Lipinski definition) is 1. The quantitative estimate of drug-likeness (QED) is 0.897. The van der Waals surface area contributed by atoms with Gasteiger partial charge in [0.1, 0.15) is 5.82 Å². The molecule has 0 aliphatic heterocycles. The molecule has 0 amide bonds. The Morgan fingerprint density at radius 2 is 2.26 bits per heavy atom. The molecular formula is C14H16ClFN2S. The second kappa shape index (κ2) is 6.46. The Hall–Kier alpha value is -0.970. The fraction of sp³-hybridized carbons (Fsp3) is 0.357. The second-order valence-electron chi connectivity index (χ2n) is 4.36. The summed E-state index contributed by atoms with van der Waals surface area (Å²) in [4.78, 5) is 4.43. The molecule has 0 saturated carbocycles. The van der Waals surface area contributed by atoms with Crippen LogP contribution in [0.1, 0.15) is 29.2 Å². The molecule has 0 saturated heterocycles. The molecule has 1 aromatic carbocycles. The van der Waals surface area contributed by atoms with E-state index >= 15 is 0 Å². The predicted octanol–water partition coefficient (Wildman–Crippen LogP) is 4.14. The van der Waals surface area contributed by atoms with Crippen molar-refractivity contribution >= 4 is 22.9 Å². The van der Waals surface area contributed by atoms with Gasteiger partial charge in [0, 0.05) is 34.1 Å². The number of halogens is 2. The molecule has 0 aliphatic rings. The lowest BCUT2D eigenvalue weighted by Crippen LogP contribution is -2.24. The minimum absolute atomic E-state index is 0.103.